The van der Waals surface area contributed by atoms with E-state index in [0.717, 1.165) is 18.9 Å². The summed E-state index contributed by atoms with van der Waals surface area (Å²) in [5, 5.41) is 0.350. The molecule has 0 radical (unpaired) electrons. The van der Waals surface area contributed by atoms with Gasteiger partial charge in [0.1, 0.15) is 0 Å². The average molecular weight is 820 g/mol. The van der Waals surface area contributed by atoms with Crippen molar-refractivity contribution in [2.75, 3.05) is 13.4 Å². The van der Waals surface area contributed by atoms with Crippen molar-refractivity contribution in [3.63, 3.8) is 0 Å². The van der Waals surface area contributed by atoms with Crippen LogP contribution in [0.4, 0.5) is 0 Å². The van der Waals surface area contributed by atoms with Crippen LogP contribution in [0.3, 0.4) is 0 Å². The monoisotopic (exact) mass is 821 g/mol. The van der Waals surface area contributed by atoms with E-state index < -0.39 is 35.0 Å². The Hall–Kier alpha value is 1.07. The topological polar surface area (TPSA) is 36.9 Å². The van der Waals surface area contributed by atoms with Crippen molar-refractivity contribution in [3.05, 3.63) is 0 Å². The van der Waals surface area contributed by atoms with Crippen LogP contribution in [-0.4, -0.2) is 64.7 Å². The van der Waals surface area contributed by atoms with Crippen molar-refractivity contribution >= 4 is 35.0 Å². The van der Waals surface area contributed by atoms with Crippen molar-refractivity contribution in [1.82, 2.24) is 0 Å². The van der Waals surface area contributed by atoms with Gasteiger partial charge >= 0.3 is 311 Å². The van der Waals surface area contributed by atoms with Crippen LogP contribution in [0.15, 0.2) is 0 Å². The summed E-state index contributed by atoms with van der Waals surface area (Å²) in [7, 11) is -3.92. The van der Waals surface area contributed by atoms with Gasteiger partial charge in [0.2, 0.25) is 0 Å². The second-order valence-electron chi connectivity index (χ2n) is 19.7. The van der Waals surface area contributed by atoms with Crippen molar-refractivity contribution in [3.8, 4) is 0 Å². The Morgan fingerprint density at radius 1 is 0.750 bits per heavy atom. The molecule has 1 fully saturated rings. The standard InChI is InChI=1S/C29H61O4Si2.3C4H9.Sn/c1-22(2)25-16-15-23(3)19-27(25)31-21-30-18-17-26(33-35(13,14)29(8,9)10)24(4)20-32-34(11,12)28(5,6)7;3*1-3-4-2;/h18,22-27H,15-17,19-21H2,1-14H3;3*1,3-4H2,2H3;/t23-,24-,25+,26+,27-;;;;/m1..../s1. The molecule has 1 aliphatic carbocycles. The number of hydrogen-bond acceptors (Lipinski definition) is 4. The van der Waals surface area contributed by atoms with Gasteiger partial charge in [0.15, 0.2) is 0 Å². The summed E-state index contributed by atoms with van der Waals surface area (Å²) in [6.45, 7) is 41.9. The van der Waals surface area contributed by atoms with Crippen LogP contribution in [0.1, 0.15) is 154 Å². The molecular weight excluding hydrogens is 731 g/mol. The zero-order valence-corrected chi connectivity index (χ0v) is 40.6. The third-order valence-corrected chi connectivity index (χ3v) is 38.7. The summed E-state index contributed by atoms with van der Waals surface area (Å²) in [5.74, 6) is 2.34. The fourth-order valence-electron chi connectivity index (χ4n) is 7.28. The molecule has 1 rings (SSSR count). The molecule has 0 aromatic heterocycles. The van der Waals surface area contributed by atoms with Crippen LogP contribution >= 0.6 is 0 Å². The molecule has 0 saturated heterocycles. The molecule has 0 aromatic rings. The molecule has 1 aliphatic rings. The zero-order chi connectivity index (χ0) is 37.0. The van der Waals surface area contributed by atoms with E-state index in [9.17, 15) is 0 Å². The van der Waals surface area contributed by atoms with E-state index in [1.54, 1.807) is 0 Å². The molecular formula is C41H88O4Si2Sn. The van der Waals surface area contributed by atoms with Gasteiger partial charge in [0.05, 0.1) is 0 Å². The summed E-state index contributed by atoms with van der Waals surface area (Å²) < 4.78 is 33.2. The molecule has 0 bridgehead atoms. The fourth-order valence-corrected chi connectivity index (χ4v) is 27.1. The molecule has 0 aromatic carbocycles. The van der Waals surface area contributed by atoms with Gasteiger partial charge in [-0.25, -0.2) is 0 Å². The molecule has 1 saturated carbocycles. The Morgan fingerprint density at radius 2 is 1.25 bits per heavy atom. The first-order chi connectivity index (χ1) is 22.1. The van der Waals surface area contributed by atoms with E-state index in [4.69, 9.17) is 18.3 Å². The zero-order valence-electron chi connectivity index (χ0n) is 35.8. The number of hydrogen-bond donors (Lipinski definition) is 0. The van der Waals surface area contributed by atoms with Crippen LogP contribution in [0.2, 0.25) is 49.6 Å². The second-order valence-corrected chi connectivity index (χ2v) is 43.1. The first-order valence-corrected chi connectivity index (χ1v) is 34.1. The molecule has 0 spiro atoms. The minimum atomic E-state index is -2.86. The van der Waals surface area contributed by atoms with Crippen molar-refractivity contribution in [2.24, 2.45) is 23.7 Å². The molecule has 6 atom stereocenters. The van der Waals surface area contributed by atoms with Crippen LogP contribution < -0.4 is 0 Å². The summed E-state index contributed by atoms with van der Waals surface area (Å²) in [5.41, 5.74) is 0. The molecule has 7 heteroatoms. The van der Waals surface area contributed by atoms with E-state index >= 15 is 0 Å². The first-order valence-electron chi connectivity index (χ1n) is 20.6. The van der Waals surface area contributed by atoms with E-state index in [1.165, 1.54) is 71.1 Å². The molecule has 0 unspecified atom stereocenters. The van der Waals surface area contributed by atoms with E-state index in [2.05, 4.69) is 116 Å². The Balaban J connectivity index is 3.60. The summed E-state index contributed by atoms with van der Waals surface area (Å²) >= 11 is -2.86. The summed E-state index contributed by atoms with van der Waals surface area (Å²) in [6.07, 6.45) is 13.1. The van der Waals surface area contributed by atoms with E-state index in [0.29, 0.717) is 34.8 Å². The van der Waals surface area contributed by atoms with Crippen molar-refractivity contribution in [2.45, 2.75) is 220 Å². The van der Waals surface area contributed by atoms with Crippen molar-refractivity contribution in [1.29, 1.82) is 0 Å². The number of rotatable bonds is 23. The maximum atomic E-state index is 7.50. The Morgan fingerprint density at radius 3 is 1.69 bits per heavy atom. The van der Waals surface area contributed by atoms with Gasteiger partial charge in [-0.2, -0.15) is 0 Å². The van der Waals surface area contributed by atoms with E-state index in [1.807, 2.05) is 0 Å². The van der Waals surface area contributed by atoms with Gasteiger partial charge in [-0.1, -0.05) is 0 Å². The fraction of sp³-hybridized carbons (Fsp3) is 1.00. The van der Waals surface area contributed by atoms with Crippen molar-refractivity contribution < 1.29 is 18.3 Å². The molecule has 0 aliphatic heterocycles. The minimum absolute atomic E-state index is 0.139. The Bertz CT molecular complexity index is 844. The first kappa shape index (κ1) is 47.1. The van der Waals surface area contributed by atoms with Gasteiger partial charge in [0, 0.05) is 0 Å². The normalized spacial score (nSPS) is 22.2. The third-order valence-electron chi connectivity index (χ3n) is 13.1. The van der Waals surface area contributed by atoms with Crippen LogP contribution in [-0.2, 0) is 18.3 Å². The van der Waals surface area contributed by atoms with Gasteiger partial charge in [-0.3, -0.25) is 0 Å². The Kier molecular flexibility index (Phi) is 20.7. The van der Waals surface area contributed by atoms with Crippen LogP contribution in [0.5, 0.6) is 0 Å². The quantitative estimate of drug-likeness (QED) is 0.0760. The van der Waals surface area contributed by atoms with Crippen LogP contribution in [0, 0.1) is 23.7 Å². The summed E-state index contributed by atoms with van der Waals surface area (Å²) in [4.78, 5) is 0. The number of unbranched alkanes of at least 4 members (excludes halogenated alkanes) is 3. The van der Waals surface area contributed by atoms with Crippen LogP contribution in [0.25, 0.3) is 0 Å². The third kappa shape index (κ3) is 14.8. The predicted molar refractivity (Wildman–Crippen MR) is 220 cm³/mol. The van der Waals surface area contributed by atoms with Gasteiger partial charge < -0.3 is 0 Å². The van der Waals surface area contributed by atoms with Gasteiger partial charge in [-0.15, -0.1) is 0 Å². The molecule has 4 nitrogen and oxygen atoms in total. The van der Waals surface area contributed by atoms with Gasteiger partial charge in [0.25, 0.3) is 0 Å². The van der Waals surface area contributed by atoms with E-state index in [-0.39, 0.29) is 16.2 Å². The second kappa shape index (κ2) is 21.1. The SMILES string of the molecule is CCC[CH2][Sn]([CH2]CCC)([CH2]CCC)[C@H](C[C@H](O[Si](C)(C)C(C)(C)C)[C@H](C)CO[Si](C)(C)C(C)(C)C)OCO[C@@H]1C[C@H](C)CC[C@H]1C(C)C. The Labute approximate surface area is 308 Å². The molecule has 0 amide bonds. The maximum absolute atomic E-state index is 7.50. The molecule has 0 N–H and O–H groups in total. The molecule has 48 heavy (non-hydrogen) atoms. The molecule has 0 heterocycles. The predicted octanol–water partition coefficient (Wildman–Crippen LogP) is 13.6. The number of ether oxygens (including phenoxy) is 2. The average Bonchev–Trinajstić information content (AvgIpc) is 2.97. The molecule has 288 valence electrons. The summed E-state index contributed by atoms with van der Waals surface area (Å²) in [6, 6.07) is 0. The van der Waals surface area contributed by atoms with Gasteiger partial charge in [-0.05, 0) is 0 Å².